The van der Waals surface area contributed by atoms with Gasteiger partial charge in [0.15, 0.2) is 0 Å². The predicted molar refractivity (Wildman–Crippen MR) is 319 cm³/mol. The first-order valence-electron chi connectivity index (χ1n) is 23.1. The van der Waals surface area contributed by atoms with E-state index in [9.17, 15) is 20.4 Å². The average Bonchev–Trinajstić information content (AvgIpc) is 3.46. The van der Waals surface area contributed by atoms with E-state index in [-0.39, 0.29) is 64.8 Å². The van der Waals surface area contributed by atoms with Gasteiger partial charge in [0.25, 0.3) is 0 Å². The van der Waals surface area contributed by atoms with Gasteiger partial charge in [-0.15, -0.1) is 0 Å². The molecule has 384 valence electrons. The van der Waals surface area contributed by atoms with Crippen LogP contribution in [0.1, 0.15) is 22.8 Å². The molecule has 2 aromatic heterocycles. The topological polar surface area (TPSA) is 175 Å². The summed E-state index contributed by atoms with van der Waals surface area (Å²) < 4.78 is 0. The number of nitrogens with zero attached hydrogens (tertiary/aromatic N) is 2. The van der Waals surface area contributed by atoms with Crippen LogP contribution in [0, 0.1) is 31.1 Å². The average molecular weight is 1340 g/mol. The van der Waals surface area contributed by atoms with Gasteiger partial charge in [-0.1, -0.05) is 207 Å². The van der Waals surface area contributed by atoms with Crippen molar-refractivity contribution in [1.82, 2.24) is 9.97 Å². The molecule has 2 heterocycles. The summed E-state index contributed by atoms with van der Waals surface area (Å²) in [7, 11) is -3.81. The molecule has 0 N–H and O–H groups in total. The number of pyridine rings is 2. The molecule has 0 unspecified atom stereocenters. The second-order valence-corrected chi connectivity index (χ2v) is 24.3. The minimum atomic E-state index is -1.91. The Labute approximate surface area is 495 Å². The van der Waals surface area contributed by atoms with Gasteiger partial charge in [0.2, 0.25) is 0 Å². The Balaban J connectivity index is 0.000000231. The standard InChI is InChI=1S/2C24H20P.2C7H5NO2S2.2O.U/c2*1-5-13-21(14-6-1)25(22-15-7-2-8-16-22,23-17-9-3-10-18-23)24-19-11-4-12-20-24;2*9-6(11)4-2-1-3-5(8-4)7(10)12;;;/h2*1-20H;2*1-3H,(H,9,11)(H,10,12);;;/q2*+1;;;2*-2;/p-4. The van der Waals surface area contributed by atoms with E-state index in [1.807, 2.05) is 0 Å². The van der Waals surface area contributed by atoms with Crippen molar-refractivity contribution in [3.05, 3.63) is 302 Å². The zero-order valence-electron chi connectivity index (χ0n) is 40.9. The van der Waals surface area contributed by atoms with Crippen molar-refractivity contribution in [2.75, 3.05) is 0 Å². The number of rotatable bonds is 12. The summed E-state index contributed by atoms with van der Waals surface area (Å²) >= 11 is 17.4. The van der Waals surface area contributed by atoms with Crippen LogP contribution in [0.5, 0.6) is 0 Å². The molecule has 8 nitrogen and oxygen atoms in total. The number of benzene rings is 8. The van der Waals surface area contributed by atoms with E-state index in [1.54, 1.807) is 0 Å². The zero-order valence-corrected chi connectivity index (χ0v) is 50.1. The van der Waals surface area contributed by atoms with Crippen molar-refractivity contribution in [2.24, 2.45) is 0 Å². The van der Waals surface area contributed by atoms with Crippen LogP contribution < -0.4 is 62.9 Å². The minimum absolute atomic E-state index is 0. The first-order chi connectivity index (χ1) is 36.1. The van der Waals surface area contributed by atoms with Gasteiger partial charge in [-0.2, -0.15) is 0 Å². The van der Waals surface area contributed by atoms with Crippen LogP contribution in [0.15, 0.2) is 279 Å². The summed E-state index contributed by atoms with van der Waals surface area (Å²) in [6.45, 7) is 0. The van der Waals surface area contributed by atoms with Gasteiger partial charge in [0, 0.05) is 31.1 Å². The van der Waals surface area contributed by atoms with Gasteiger partial charge < -0.3 is 31.4 Å². The quantitative estimate of drug-likeness (QED) is 0.0949. The van der Waals surface area contributed by atoms with Gasteiger partial charge >= 0.3 is 0 Å². The third-order valence-corrected chi connectivity index (χ3v) is 20.9. The summed E-state index contributed by atoms with van der Waals surface area (Å²) in [4.78, 5) is 7.33. The number of hydrogen-bond acceptors (Lipinski definition) is 10. The molecule has 0 bridgehead atoms. The van der Waals surface area contributed by atoms with Gasteiger partial charge in [0.05, 0.1) is 22.8 Å². The molecule has 0 spiro atoms. The van der Waals surface area contributed by atoms with Crippen molar-refractivity contribution in [2.45, 2.75) is 0 Å². The molecule has 0 aliphatic heterocycles. The Bertz CT molecular complexity index is 2790. The van der Waals surface area contributed by atoms with E-state index in [0.717, 1.165) is 0 Å². The van der Waals surface area contributed by atoms with Crippen LogP contribution in [0.3, 0.4) is 0 Å². The Morgan fingerprint density at radius 2 is 0.364 bits per heavy atom. The van der Waals surface area contributed by atoms with Crippen molar-refractivity contribution in [3.8, 4) is 0 Å². The fraction of sp³-hybridized carbons (Fsp3) is 0. The van der Waals surface area contributed by atoms with Gasteiger partial charge in [-0.3, -0.25) is 0 Å². The maximum atomic E-state index is 10.6. The molecule has 0 radical (unpaired) electrons. The first-order valence-corrected chi connectivity index (χ1v) is 28.3. The Kier molecular flexibility index (Phi) is 25.9. The second kappa shape index (κ2) is 31.6. The largest absolute Gasteiger partial charge is 2.00 e. The molecule has 77 heavy (non-hydrogen) atoms. The fourth-order valence-corrected chi connectivity index (χ4v) is 17.3. The Morgan fingerprint density at radius 1 is 0.234 bits per heavy atom. The minimum Gasteiger partial charge on any atom is -2.00 e. The first kappa shape index (κ1) is 63.0. The monoisotopic (exact) mass is 1340 g/mol. The normalized spacial score (nSPS) is 10.2. The molecule has 0 amide bonds. The maximum Gasteiger partial charge on any atom is 0.144 e. The van der Waals surface area contributed by atoms with Crippen LogP contribution in [-0.4, -0.2) is 30.2 Å². The molecule has 0 aliphatic rings. The van der Waals surface area contributed by atoms with E-state index < -0.39 is 34.7 Å². The SMILES string of the molecule is [O-2].[O-2].[O-]C(=S)c1cccc(C([O-])=S)n1.[O-]C(=S)c1cccc(C([O-])=S)n1.[U].c1ccc([P+](c2ccccc2)(c2ccccc2)c2ccccc2)cc1.c1ccc([P+](c2ccccc2)(c2ccccc2)c2ccccc2)cc1. The molecule has 0 atom stereocenters. The molecule has 0 aliphatic carbocycles. The van der Waals surface area contributed by atoms with E-state index in [0.29, 0.717) is 0 Å². The zero-order chi connectivity index (χ0) is 52.2. The summed E-state index contributed by atoms with van der Waals surface area (Å²) in [6, 6.07) is 96.5. The molecular weight excluding hydrogens is 1300 g/mol. The van der Waals surface area contributed by atoms with Crippen LogP contribution in [0.25, 0.3) is 0 Å². The van der Waals surface area contributed by atoms with Crippen LogP contribution in [0.4, 0.5) is 0 Å². The Morgan fingerprint density at radius 3 is 0.481 bits per heavy atom. The molecule has 0 saturated heterocycles. The molecule has 10 aromatic rings. The molecule has 8 aromatic carbocycles. The number of aromatic nitrogens is 2. The van der Waals surface area contributed by atoms with Crippen LogP contribution >= 0.6 is 63.4 Å². The van der Waals surface area contributed by atoms with Crippen LogP contribution in [0.2, 0.25) is 0 Å². The second-order valence-electron chi connectivity index (χ2n) is 16.0. The summed E-state index contributed by atoms with van der Waals surface area (Å²) in [5.41, 5.74) is 0.336. The molecule has 10 rings (SSSR count). The summed E-state index contributed by atoms with van der Waals surface area (Å²) in [6.07, 6.45) is 0. The number of hydrogen-bond donors (Lipinski definition) is 0. The molecular formula is C62H46N2O6P2S4U-6. The van der Waals surface area contributed by atoms with Crippen molar-refractivity contribution < 1.29 is 62.5 Å². The van der Waals surface area contributed by atoms with Gasteiger partial charge in [-0.25, -0.2) is 9.97 Å². The van der Waals surface area contributed by atoms with Gasteiger partial charge in [-0.05, 0) is 142 Å². The van der Waals surface area contributed by atoms with E-state index in [2.05, 4.69) is 301 Å². The molecule has 15 heteroatoms. The summed E-state index contributed by atoms with van der Waals surface area (Å²) in [5, 5.41) is 51.3. The van der Waals surface area contributed by atoms with E-state index in [4.69, 9.17) is 0 Å². The fourth-order valence-electron chi connectivity index (χ4n) is 8.33. The molecule has 0 saturated carbocycles. The number of thiocarbonyl (C=S) groups is 4. The smallest absolute Gasteiger partial charge is 0.144 e. The third-order valence-electron chi connectivity index (χ3n) is 11.5. The van der Waals surface area contributed by atoms with Crippen LogP contribution in [-0.2, 0) is 11.0 Å². The summed E-state index contributed by atoms with van der Waals surface area (Å²) in [5.74, 6) is 0. The Hall–Kier alpha value is -6.55. The van der Waals surface area contributed by atoms with Crippen molar-refractivity contribution >= 4 is 126 Å². The maximum absolute atomic E-state index is 10.6. The van der Waals surface area contributed by atoms with Crippen molar-refractivity contribution in [1.29, 1.82) is 0 Å². The molecule has 0 fully saturated rings. The van der Waals surface area contributed by atoms with E-state index in [1.165, 1.54) is 78.8 Å². The predicted octanol–water partition coefficient (Wildman–Crippen LogP) is 6.68. The van der Waals surface area contributed by atoms with Gasteiger partial charge in [0.1, 0.15) is 57.0 Å². The van der Waals surface area contributed by atoms with Crippen molar-refractivity contribution in [3.63, 3.8) is 0 Å². The third kappa shape index (κ3) is 15.8. The van der Waals surface area contributed by atoms with E-state index >= 15 is 0 Å².